The van der Waals surface area contributed by atoms with Crippen LogP contribution in [0.2, 0.25) is 0 Å². The van der Waals surface area contributed by atoms with Gasteiger partial charge in [0, 0.05) is 6.20 Å². The van der Waals surface area contributed by atoms with Crippen molar-refractivity contribution >= 4 is 11.7 Å². The molecule has 0 aliphatic heterocycles. The minimum Gasteiger partial charge on any atom is -0.444 e. The van der Waals surface area contributed by atoms with Crippen LogP contribution < -0.4 is 5.32 Å². The van der Waals surface area contributed by atoms with Crippen LogP contribution in [0.5, 0.6) is 0 Å². The van der Waals surface area contributed by atoms with E-state index in [0.717, 1.165) is 12.1 Å². The Morgan fingerprint density at radius 3 is 2.58 bits per heavy atom. The van der Waals surface area contributed by atoms with E-state index < -0.39 is 11.7 Å². The van der Waals surface area contributed by atoms with E-state index in [1.54, 1.807) is 0 Å². The van der Waals surface area contributed by atoms with Crippen molar-refractivity contribution in [2.24, 2.45) is 0 Å². The summed E-state index contributed by atoms with van der Waals surface area (Å²) >= 11 is 0. The maximum atomic E-state index is 12.3. The van der Waals surface area contributed by atoms with Gasteiger partial charge in [-0.15, -0.1) is 10.2 Å². The van der Waals surface area contributed by atoms with Crippen molar-refractivity contribution in [2.45, 2.75) is 45.3 Å². The van der Waals surface area contributed by atoms with Crippen LogP contribution in [-0.4, -0.2) is 26.3 Å². The third-order valence-electron chi connectivity index (χ3n) is 3.91. The number of pyridine rings is 1. The number of carbonyl (C=O) groups excluding carboxylic acids is 1. The Balaban J connectivity index is 1.82. The molecule has 0 saturated heterocycles. The monoisotopic (exact) mass is 352 g/mol. The zero-order valence-corrected chi connectivity index (χ0v) is 15.3. The molecule has 1 N–H and O–H groups in total. The molecule has 0 fully saturated rings. The van der Waals surface area contributed by atoms with Crippen molar-refractivity contribution in [2.75, 3.05) is 0 Å². The molecule has 0 aliphatic carbocycles. The number of ether oxygens (including phenoxy) is 1. The number of benzene rings is 1. The minimum absolute atomic E-state index is 0.303. The van der Waals surface area contributed by atoms with Gasteiger partial charge >= 0.3 is 6.09 Å². The first-order valence-corrected chi connectivity index (χ1v) is 8.75. The van der Waals surface area contributed by atoms with E-state index in [4.69, 9.17) is 4.74 Å². The Morgan fingerprint density at radius 1 is 1.12 bits per heavy atom. The van der Waals surface area contributed by atoms with Gasteiger partial charge < -0.3 is 10.1 Å². The van der Waals surface area contributed by atoms with Gasteiger partial charge in [0.2, 0.25) is 0 Å². The van der Waals surface area contributed by atoms with E-state index in [0.29, 0.717) is 12.2 Å². The van der Waals surface area contributed by atoms with E-state index in [2.05, 4.69) is 27.6 Å². The SMILES string of the molecule is CC(C)(C)OC(=O)N[C@H](CCc1ccccc1)c1nnc2ccccn12. The van der Waals surface area contributed by atoms with Crippen LogP contribution in [-0.2, 0) is 11.2 Å². The van der Waals surface area contributed by atoms with Crippen LogP contribution in [0.3, 0.4) is 0 Å². The first-order chi connectivity index (χ1) is 12.4. The molecule has 6 heteroatoms. The van der Waals surface area contributed by atoms with Gasteiger partial charge in [-0.2, -0.15) is 0 Å². The molecular weight excluding hydrogens is 328 g/mol. The molecule has 3 rings (SSSR count). The number of alkyl carbamates (subject to hydrolysis) is 1. The van der Waals surface area contributed by atoms with E-state index in [9.17, 15) is 4.79 Å². The Kier molecular flexibility index (Phi) is 5.21. The van der Waals surface area contributed by atoms with Crippen molar-refractivity contribution in [1.29, 1.82) is 0 Å². The standard InChI is InChI=1S/C20H24N4O2/c1-20(2,3)26-19(25)21-16(13-12-15-9-5-4-6-10-15)18-23-22-17-11-7-8-14-24(17)18/h4-11,14,16H,12-13H2,1-3H3,(H,21,25)/t16-/m1/s1. The van der Waals surface area contributed by atoms with Crippen LogP contribution in [0.1, 0.15) is 44.6 Å². The highest BCUT2D eigenvalue weighted by atomic mass is 16.6. The van der Waals surface area contributed by atoms with Gasteiger partial charge in [0.1, 0.15) is 5.60 Å². The second-order valence-electron chi connectivity index (χ2n) is 7.21. The molecule has 2 heterocycles. The molecular formula is C20H24N4O2. The number of aromatic nitrogens is 3. The van der Waals surface area contributed by atoms with Crippen molar-refractivity contribution in [1.82, 2.24) is 19.9 Å². The van der Waals surface area contributed by atoms with E-state index in [-0.39, 0.29) is 6.04 Å². The summed E-state index contributed by atoms with van der Waals surface area (Å²) in [5.41, 5.74) is 1.40. The molecule has 26 heavy (non-hydrogen) atoms. The molecule has 1 atom stereocenters. The number of amides is 1. The van der Waals surface area contributed by atoms with E-state index in [1.165, 1.54) is 5.56 Å². The highest BCUT2D eigenvalue weighted by molar-refractivity contribution is 5.68. The van der Waals surface area contributed by atoms with Gasteiger partial charge in [-0.05, 0) is 51.3 Å². The lowest BCUT2D eigenvalue weighted by atomic mass is 10.0. The molecule has 3 aromatic rings. The highest BCUT2D eigenvalue weighted by Gasteiger charge is 2.23. The number of aryl methyl sites for hydroxylation is 1. The molecule has 0 saturated carbocycles. The second kappa shape index (κ2) is 7.56. The molecule has 1 aromatic carbocycles. The van der Waals surface area contributed by atoms with Gasteiger partial charge in [-0.3, -0.25) is 4.40 Å². The molecule has 0 radical (unpaired) electrons. The fourth-order valence-electron chi connectivity index (χ4n) is 2.77. The quantitative estimate of drug-likeness (QED) is 0.755. The fourth-order valence-corrected chi connectivity index (χ4v) is 2.77. The average Bonchev–Trinajstić information content (AvgIpc) is 3.02. The molecule has 0 unspecified atom stereocenters. The van der Waals surface area contributed by atoms with Gasteiger partial charge in [0.25, 0.3) is 0 Å². The van der Waals surface area contributed by atoms with Crippen LogP contribution in [0, 0.1) is 0 Å². The third kappa shape index (κ3) is 4.59. The number of nitrogens with zero attached hydrogens (tertiary/aromatic N) is 3. The maximum absolute atomic E-state index is 12.3. The summed E-state index contributed by atoms with van der Waals surface area (Å²) in [5.74, 6) is 0.697. The molecule has 0 spiro atoms. The van der Waals surface area contributed by atoms with Gasteiger partial charge in [0.05, 0.1) is 6.04 Å². The predicted octanol–water partition coefficient (Wildman–Crippen LogP) is 3.93. The zero-order chi connectivity index (χ0) is 18.6. The number of hydrogen-bond acceptors (Lipinski definition) is 4. The molecule has 136 valence electrons. The Labute approximate surface area is 153 Å². The predicted molar refractivity (Wildman–Crippen MR) is 99.9 cm³/mol. The van der Waals surface area contributed by atoms with Crippen molar-refractivity contribution < 1.29 is 9.53 Å². The molecule has 2 aromatic heterocycles. The fraction of sp³-hybridized carbons (Fsp3) is 0.350. The summed E-state index contributed by atoms with van der Waals surface area (Å²) in [6.45, 7) is 5.54. The van der Waals surface area contributed by atoms with Crippen molar-refractivity contribution in [3.05, 3.63) is 66.1 Å². The Bertz CT molecular complexity index is 868. The summed E-state index contributed by atoms with van der Waals surface area (Å²) in [7, 11) is 0. The molecule has 1 amide bonds. The number of fused-ring (bicyclic) bond motifs is 1. The Morgan fingerprint density at radius 2 is 1.85 bits per heavy atom. The number of carbonyl (C=O) groups is 1. The molecule has 0 bridgehead atoms. The number of hydrogen-bond donors (Lipinski definition) is 1. The van der Waals surface area contributed by atoms with Gasteiger partial charge in [-0.25, -0.2) is 4.79 Å². The molecule has 6 nitrogen and oxygen atoms in total. The van der Waals surface area contributed by atoms with Crippen molar-refractivity contribution in [3.63, 3.8) is 0 Å². The lowest BCUT2D eigenvalue weighted by Crippen LogP contribution is -2.36. The maximum Gasteiger partial charge on any atom is 0.408 e. The lowest BCUT2D eigenvalue weighted by molar-refractivity contribution is 0.0498. The first kappa shape index (κ1) is 17.9. The lowest BCUT2D eigenvalue weighted by Gasteiger charge is -2.23. The second-order valence-corrected chi connectivity index (χ2v) is 7.21. The molecule has 0 aliphatic rings. The van der Waals surface area contributed by atoms with Crippen LogP contribution >= 0.6 is 0 Å². The average molecular weight is 352 g/mol. The van der Waals surface area contributed by atoms with Crippen LogP contribution in [0.25, 0.3) is 5.65 Å². The minimum atomic E-state index is -0.555. The smallest absolute Gasteiger partial charge is 0.408 e. The largest absolute Gasteiger partial charge is 0.444 e. The van der Waals surface area contributed by atoms with Crippen LogP contribution in [0.15, 0.2) is 54.7 Å². The van der Waals surface area contributed by atoms with Gasteiger partial charge in [-0.1, -0.05) is 36.4 Å². The highest BCUT2D eigenvalue weighted by Crippen LogP contribution is 2.20. The summed E-state index contributed by atoms with van der Waals surface area (Å²) in [6, 6.07) is 15.6. The third-order valence-corrected chi connectivity index (χ3v) is 3.91. The van der Waals surface area contributed by atoms with Crippen molar-refractivity contribution in [3.8, 4) is 0 Å². The van der Waals surface area contributed by atoms with E-state index in [1.807, 2.05) is 67.8 Å². The summed E-state index contributed by atoms with van der Waals surface area (Å²) in [4.78, 5) is 12.3. The normalized spacial score (nSPS) is 12.7. The number of nitrogens with one attached hydrogen (secondary N) is 1. The van der Waals surface area contributed by atoms with Crippen LogP contribution in [0.4, 0.5) is 4.79 Å². The Hall–Kier alpha value is -2.89. The summed E-state index contributed by atoms with van der Waals surface area (Å²) in [6.07, 6.45) is 2.95. The zero-order valence-electron chi connectivity index (χ0n) is 15.3. The summed E-state index contributed by atoms with van der Waals surface area (Å²) in [5, 5.41) is 11.5. The van der Waals surface area contributed by atoms with Gasteiger partial charge in [0.15, 0.2) is 11.5 Å². The first-order valence-electron chi connectivity index (χ1n) is 8.75. The topological polar surface area (TPSA) is 68.5 Å². The van der Waals surface area contributed by atoms with E-state index >= 15 is 0 Å². The number of rotatable bonds is 5. The summed E-state index contributed by atoms with van der Waals surface area (Å²) < 4.78 is 7.32.